The number of esters is 1. The molecule has 0 spiro atoms. The Labute approximate surface area is 179 Å². The summed E-state index contributed by atoms with van der Waals surface area (Å²) < 4.78 is 4.90. The van der Waals surface area contributed by atoms with Crippen molar-refractivity contribution in [2.75, 3.05) is 30.8 Å². The third-order valence-electron chi connectivity index (χ3n) is 4.52. The lowest BCUT2D eigenvalue weighted by Gasteiger charge is -2.11. The number of nitrogens with two attached hydrogens (primary N) is 1. The van der Waals surface area contributed by atoms with Crippen molar-refractivity contribution in [2.24, 2.45) is 0 Å². The summed E-state index contributed by atoms with van der Waals surface area (Å²) in [6.45, 7) is 2.36. The molecule has 0 amide bonds. The van der Waals surface area contributed by atoms with E-state index in [1.54, 1.807) is 12.1 Å². The molecule has 0 saturated heterocycles. The van der Waals surface area contributed by atoms with Gasteiger partial charge in [-0.1, -0.05) is 35.9 Å². The fraction of sp³-hybridized carbons (Fsp3) is 0.227. The number of aliphatic hydroxyl groups excluding tert-OH is 1. The monoisotopic (exact) mass is 426 g/mol. The highest BCUT2D eigenvalue weighted by Gasteiger charge is 2.10. The molecule has 0 aliphatic carbocycles. The zero-order valence-electron chi connectivity index (χ0n) is 16.6. The number of ether oxygens (including phenoxy) is 1. The van der Waals surface area contributed by atoms with E-state index in [1.165, 1.54) is 0 Å². The highest BCUT2D eigenvalue weighted by molar-refractivity contribution is 6.31. The van der Waals surface area contributed by atoms with Gasteiger partial charge in [0.1, 0.15) is 12.4 Å². The second-order valence-electron chi connectivity index (χ2n) is 6.64. The Morgan fingerprint density at radius 1 is 1.20 bits per heavy atom. The molecule has 0 saturated carbocycles. The van der Waals surface area contributed by atoms with E-state index in [2.05, 4.69) is 15.3 Å². The first-order valence-electron chi connectivity index (χ1n) is 9.49. The zero-order valence-corrected chi connectivity index (χ0v) is 17.3. The van der Waals surface area contributed by atoms with Crippen LogP contribution in [-0.4, -0.2) is 40.8 Å². The van der Waals surface area contributed by atoms with Gasteiger partial charge in [-0.3, -0.25) is 0 Å². The lowest BCUT2D eigenvalue weighted by atomic mass is 10.1. The molecule has 2 aromatic carbocycles. The smallest absolute Gasteiger partial charge is 0.338 e. The number of anilines is 2. The molecule has 0 fully saturated rings. The van der Waals surface area contributed by atoms with Crippen molar-refractivity contribution in [1.29, 1.82) is 0 Å². The summed E-state index contributed by atoms with van der Waals surface area (Å²) in [5, 5.41) is 12.6. The summed E-state index contributed by atoms with van der Waals surface area (Å²) in [6, 6.07) is 14.6. The Morgan fingerprint density at radius 3 is 2.70 bits per heavy atom. The molecule has 7 nitrogen and oxygen atoms in total. The van der Waals surface area contributed by atoms with Gasteiger partial charge in [-0.15, -0.1) is 0 Å². The molecular formula is C22H23ClN4O3. The van der Waals surface area contributed by atoms with Crippen LogP contribution in [0.4, 0.5) is 11.8 Å². The molecule has 0 radical (unpaired) electrons. The maximum atomic E-state index is 11.8. The second-order valence-corrected chi connectivity index (χ2v) is 7.05. The van der Waals surface area contributed by atoms with Gasteiger partial charge >= 0.3 is 5.97 Å². The van der Waals surface area contributed by atoms with Gasteiger partial charge in [0.2, 0.25) is 5.95 Å². The summed E-state index contributed by atoms with van der Waals surface area (Å²) in [5.74, 6) is 0.357. The molecule has 0 aliphatic rings. The van der Waals surface area contributed by atoms with E-state index in [4.69, 9.17) is 27.2 Å². The molecule has 1 heterocycles. The first-order chi connectivity index (χ1) is 14.5. The Morgan fingerprint density at radius 2 is 1.97 bits per heavy atom. The lowest BCUT2D eigenvalue weighted by Crippen LogP contribution is -2.10. The van der Waals surface area contributed by atoms with E-state index < -0.39 is 5.97 Å². The molecule has 1 aromatic heterocycles. The average molecular weight is 427 g/mol. The number of nitrogens with one attached hydrogen (secondary N) is 1. The number of aliphatic hydroxyl groups is 1. The van der Waals surface area contributed by atoms with Gasteiger partial charge in [-0.2, -0.15) is 4.98 Å². The number of nitrogen functional groups attached to an aromatic ring is 1. The van der Waals surface area contributed by atoms with E-state index >= 15 is 0 Å². The summed E-state index contributed by atoms with van der Waals surface area (Å²) in [7, 11) is 0. The summed E-state index contributed by atoms with van der Waals surface area (Å²) in [4.78, 5) is 20.3. The summed E-state index contributed by atoms with van der Waals surface area (Å²) in [5.41, 5.74) is 9.93. The molecule has 4 N–H and O–H groups in total. The van der Waals surface area contributed by atoms with Gasteiger partial charge < -0.3 is 20.9 Å². The van der Waals surface area contributed by atoms with Gasteiger partial charge in [0, 0.05) is 23.2 Å². The first-order valence-corrected chi connectivity index (χ1v) is 9.86. The van der Waals surface area contributed by atoms with Crippen molar-refractivity contribution >= 4 is 29.3 Å². The maximum Gasteiger partial charge on any atom is 0.338 e. The average Bonchev–Trinajstić information content (AvgIpc) is 2.74. The van der Waals surface area contributed by atoms with E-state index in [-0.39, 0.29) is 19.2 Å². The number of hydrogen-bond acceptors (Lipinski definition) is 7. The van der Waals surface area contributed by atoms with Gasteiger partial charge in [0.25, 0.3) is 0 Å². The Kier molecular flexibility index (Phi) is 7.21. The molecule has 0 atom stereocenters. The van der Waals surface area contributed by atoms with Crippen LogP contribution in [0.15, 0.2) is 48.5 Å². The van der Waals surface area contributed by atoms with E-state index in [0.717, 1.165) is 23.1 Å². The minimum atomic E-state index is -0.450. The molecular weight excluding hydrogens is 404 g/mol. The largest absolute Gasteiger partial charge is 0.460 e. The van der Waals surface area contributed by atoms with Crippen molar-refractivity contribution < 1.29 is 14.6 Å². The minimum Gasteiger partial charge on any atom is -0.460 e. The standard InChI is InChI=1S/C22H23ClN4O3/c1-14-17(3-2-4-18(14)23)19-13-20(27-22(24)26-19)25-10-9-15-5-7-16(8-6-15)21(29)30-12-11-28/h2-8,13,28H,9-12H2,1H3,(H3,24,25,26,27). The van der Waals surface area contributed by atoms with E-state index in [0.29, 0.717) is 28.6 Å². The number of aromatic nitrogens is 2. The molecule has 0 aliphatic heterocycles. The van der Waals surface area contributed by atoms with Crippen molar-refractivity contribution in [3.63, 3.8) is 0 Å². The molecule has 8 heteroatoms. The van der Waals surface area contributed by atoms with Crippen LogP contribution in [0.1, 0.15) is 21.5 Å². The van der Waals surface area contributed by atoms with E-state index in [9.17, 15) is 4.79 Å². The normalized spacial score (nSPS) is 10.6. The Bertz CT molecular complexity index is 1030. The van der Waals surface area contributed by atoms with Gasteiger partial charge in [0.05, 0.1) is 17.9 Å². The number of benzene rings is 2. The molecule has 30 heavy (non-hydrogen) atoms. The number of carbonyl (C=O) groups is 1. The molecule has 3 aromatic rings. The van der Waals surface area contributed by atoms with Crippen molar-refractivity contribution in [3.05, 3.63) is 70.2 Å². The quantitative estimate of drug-likeness (QED) is 0.473. The van der Waals surface area contributed by atoms with Crippen LogP contribution in [0.25, 0.3) is 11.3 Å². The van der Waals surface area contributed by atoms with Gasteiger partial charge in [-0.25, -0.2) is 9.78 Å². The summed E-state index contributed by atoms with van der Waals surface area (Å²) in [6.07, 6.45) is 0.724. The van der Waals surface area contributed by atoms with Crippen LogP contribution in [0.2, 0.25) is 5.02 Å². The van der Waals surface area contributed by atoms with Crippen LogP contribution in [0, 0.1) is 6.92 Å². The fourth-order valence-electron chi connectivity index (χ4n) is 2.94. The third-order valence-corrected chi connectivity index (χ3v) is 4.93. The fourth-order valence-corrected chi connectivity index (χ4v) is 3.12. The first kappa shape index (κ1) is 21.5. The Balaban J connectivity index is 1.63. The second kappa shape index (κ2) is 10.0. The zero-order chi connectivity index (χ0) is 21.5. The van der Waals surface area contributed by atoms with E-state index in [1.807, 2.05) is 43.3 Å². The van der Waals surface area contributed by atoms with Gasteiger partial charge in [-0.05, 0) is 42.7 Å². The number of hydrogen-bond donors (Lipinski definition) is 3. The number of carbonyl (C=O) groups excluding carboxylic acids is 1. The van der Waals surface area contributed by atoms with Crippen LogP contribution < -0.4 is 11.1 Å². The van der Waals surface area contributed by atoms with Crippen LogP contribution in [0.3, 0.4) is 0 Å². The molecule has 0 unspecified atom stereocenters. The number of rotatable bonds is 8. The predicted molar refractivity (Wildman–Crippen MR) is 118 cm³/mol. The molecule has 156 valence electrons. The van der Waals surface area contributed by atoms with Crippen LogP contribution in [0.5, 0.6) is 0 Å². The minimum absolute atomic E-state index is 0.0106. The SMILES string of the molecule is Cc1c(Cl)cccc1-c1cc(NCCc2ccc(C(=O)OCCO)cc2)nc(N)n1. The van der Waals surface area contributed by atoms with Gasteiger partial charge in [0.15, 0.2) is 0 Å². The topological polar surface area (TPSA) is 110 Å². The van der Waals surface area contributed by atoms with Crippen LogP contribution in [-0.2, 0) is 11.2 Å². The van der Waals surface area contributed by atoms with Crippen molar-refractivity contribution in [2.45, 2.75) is 13.3 Å². The third kappa shape index (κ3) is 5.46. The van der Waals surface area contributed by atoms with Crippen molar-refractivity contribution in [3.8, 4) is 11.3 Å². The molecule has 0 bridgehead atoms. The highest BCUT2D eigenvalue weighted by atomic mass is 35.5. The maximum absolute atomic E-state index is 11.8. The number of nitrogens with zero attached hydrogens (tertiary/aromatic N) is 2. The molecule has 3 rings (SSSR count). The van der Waals surface area contributed by atoms with Crippen LogP contribution >= 0.6 is 11.6 Å². The highest BCUT2D eigenvalue weighted by Crippen LogP contribution is 2.28. The van der Waals surface area contributed by atoms with Crippen molar-refractivity contribution in [1.82, 2.24) is 9.97 Å². The predicted octanol–water partition coefficient (Wildman–Crippen LogP) is 3.49. The lowest BCUT2D eigenvalue weighted by molar-refractivity contribution is 0.0433. The Hall–Kier alpha value is -3.16. The number of halogens is 1. The summed E-state index contributed by atoms with van der Waals surface area (Å²) >= 11 is 6.22.